The fourth-order valence-electron chi connectivity index (χ4n) is 1.51. The van der Waals surface area contributed by atoms with Crippen LogP contribution in [0.15, 0.2) is 24.3 Å². The van der Waals surface area contributed by atoms with Crippen LogP contribution < -0.4 is 5.32 Å². The van der Waals surface area contributed by atoms with Crippen LogP contribution in [-0.4, -0.2) is 35.6 Å². The van der Waals surface area contributed by atoms with E-state index in [9.17, 15) is 9.59 Å². The lowest BCUT2D eigenvalue weighted by molar-refractivity contribution is -0.137. The number of carbonyl (C=O) groups is 2. The summed E-state index contributed by atoms with van der Waals surface area (Å²) >= 11 is 0. The molecule has 0 heterocycles. The van der Waals surface area contributed by atoms with Gasteiger partial charge in [0.1, 0.15) is 0 Å². The number of anilines is 1. The number of aliphatic carboxylic acids is 1. The van der Waals surface area contributed by atoms with E-state index in [2.05, 4.69) is 5.32 Å². The highest BCUT2D eigenvalue weighted by atomic mass is 16.4. The van der Waals surface area contributed by atoms with Gasteiger partial charge < -0.3 is 15.3 Å². The molecule has 1 rings (SSSR count). The van der Waals surface area contributed by atoms with E-state index >= 15 is 0 Å². The largest absolute Gasteiger partial charge is 0.481 e. The summed E-state index contributed by atoms with van der Waals surface area (Å²) in [6.45, 7) is 2.37. The third-order valence-corrected chi connectivity index (χ3v) is 2.50. The van der Waals surface area contributed by atoms with E-state index in [1.54, 1.807) is 7.05 Å². The third-order valence-electron chi connectivity index (χ3n) is 2.50. The molecule has 0 atom stereocenters. The van der Waals surface area contributed by atoms with Crippen LogP contribution in [0.2, 0.25) is 0 Å². The van der Waals surface area contributed by atoms with Gasteiger partial charge in [-0.25, -0.2) is 4.79 Å². The number of nitrogens with one attached hydrogen (secondary N) is 1. The second-order valence-electron chi connectivity index (χ2n) is 4.22. The SMILES string of the molecule is Cc1cccc(NC(=O)N(C)CCCC(=O)O)c1. The minimum absolute atomic E-state index is 0.0715. The summed E-state index contributed by atoms with van der Waals surface area (Å²) in [7, 11) is 1.65. The second-order valence-corrected chi connectivity index (χ2v) is 4.22. The van der Waals surface area contributed by atoms with Crippen molar-refractivity contribution in [3.05, 3.63) is 29.8 Å². The van der Waals surface area contributed by atoms with Crippen LogP contribution >= 0.6 is 0 Å². The molecule has 0 saturated heterocycles. The maximum Gasteiger partial charge on any atom is 0.321 e. The number of urea groups is 1. The maximum absolute atomic E-state index is 11.8. The van der Waals surface area contributed by atoms with Crippen LogP contribution in [0.25, 0.3) is 0 Å². The first-order chi connectivity index (χ1) is 8.49. The Morgan fingerprint density at radius 3 is 2.72 bits per heavy atom. The van der Waals surface area contributed by atoms with Crippen molar-refractivity contribution in [2.75, 3.05) is 18.9 Å². The second kappa shape index (κ2) is 6.64. The van der Waals surface area contributed by atoms with E-state index in [-0.39, 0.29) is 12.5 Å². The zero-order valence-corrected chi connectivity index (χ0v) is 10.6. The standard InChI is InChI=1S/C13H18N2O3/c1-10-5-3-6-11(9-10)14-13(18)15(2)8-4-7-12(16)17/h3,5-6,9H,4,7-8H2,1-2H3,(H,14,18)(H,16,17). The van der Waals surface area contributed by atoms with E-state index < -0.39 is 5.97 Å². The molecule has 1 aromatic rings. The topological polar surface area (TPSA) is 69.6 Å². The molecule has 0 bridgehead atoms. The fraction of sp³-hybridized carbons (Fsp3) is 0.385. The Hall–Kier alpha value is -2.04. The van der Waals surface area contributed by atoms with Crippen LogP contribution in [0.4, 0.5) is 10.5 Å². The summed E-state index contributed by atoms with van der Waals surface area (Å²) in [5.41, 5.74) is 1.81. The van der Waals surface area contributed by atoms with Crippen molar-refractivity contribution in [1.82, 2.24) is 4.90 Å². The predicted molar refractivity (Wildman–Crippen MR) is 69.7 cm³/mol. The van der Waals surface area contributed by atoms with Crippen LogP contribution in [0.1, 0.15) is 18.4 Å². The van der Waals surface area contributed by atoms with Gasteiger partial charge in [-0.15, -0.1) is 0 Å². The molecular weight excluding hydrogens is 232 g/mol. The molecule has 2 amide bonds. The Balaban J connectivity index is 2.42. The third kappa shape index (κ3) is 4.86. The van der Waals surface area contributed by atoms with Gasteiger partial charge in [0.05, 0.1) is 0 Å². The van der Waals surface area contributed by atoms with Crippen molar-refractivity contribution >= 4 is 17.7 Å². The van der Waals surface area contributed by atoms with Gasteiger partial charge in [0.15, 0.2) is 0 Å². The summed E-state index contributed by atoms with van der Waals surface area (Å²) < 4.78 is 0. The van der Waals surface area contributed by atoms with Crippen molar-refractivity contribution < 1.29 is 14.7 Å². The molecule has 0 radical (unpaired) electrons. The highest BCUT2D eigenvalue weighted by Crippen LogP contribution is 2.10. The minimum Gasteiger partial charge on any atom is -0.481 e. The molecule has 5 nitrogen and oxygen atoms in total. The van der Waals surface area contributed by atoms with Crippen molar-refractivity contribution in [3.63, 3.8) is 0 Å². The van der Waals surface area contributed by atoms with E-state index in [0.29, 0.717) is 13.0 Å². The number of benzene rings is 1. The number of hydrogen-bond donors (Lipinski definition) is 2. The number of rotatable bonds is 5. The minimum atomic E-state index is -0.845. The van der Waals surface area contributed by atoms with E-state index in [0.717, 1.165) is 11.3 Å². The first-order valence-corrected chi connectivity index (χ1v) is 5.79. The average Bonchev–Trinajstić information content (AvgIpc) is 2.28. The van der Waals surface area contributed by atoms with Gasteiger partial charge in [-0.1, -0.05) is 12.1 Å². The molecule has 5 heteroatoms. The lowest BCUT2D eigenvalue weighted by Gasteiger charge is -2.17. The molecule has 0 fully saturated rings. The summed E-state index contributed by atoms with van der Waals surface area (Å²) in [5, 5.41) is 11.3. The number of amides is 2. The highest BCUT2D eigenvalue weighted by Gasteiger charge is 2.09. The maximum atomic E-state index is 11.8. The molecule has 1 aromatic carbocycles. The molecule has 0 saturated carbocycles. The zero-order valence-electron chi connectivity index (χ0n) is 10.6. The van der Waals surface area contributed by atoms with Crippen molar-refractivity contribution in [1.29, 1.82) is 0 Å². The molecule has 0 aromatic heterocycles. The molecule has 0 aliphatic rings. The highest BCUT2D eigenvalue weighted by molar-refractivity contribution is 5.89. The normalized spacial score (nSPS) is 9.89. The number of carboxylic acid groups (broad SMARTS) is 1. The molecular formula is C13H18N2O3. The molecule has 98 valence electrons. The molecule has 18 heavy (non-hydrogen) atoms. The van der Waals surface area contributed by atoms with E-state index in [1.165, 1.54) is 4.90 Å². The van der Waals surface area contributed by atoms with Gasteiger partial charge in [-0.05, 0) is 31.0 Å². The number of hydrogen-bond acceptors (Lipinski definition) is 2. The van der Waals surface area contributed by atoms with Gasteiger partial charge in [-0.3, -0.25) is 4.79 Å². The Morgan fingerprint density at radius 2 is 2.11 bits per heavy atom. The van der Waals surface area contributed by atoms with Gasteiger partial charge in [-0.2, -0.15) is 0 Å². The Morgan fingerprint density at radius 1 is 1.39 bits per heavy atom. The van der Waals surface area contributed by atoms with Crippen molar-refractivity contribution in [3.8, 4) is 0 Å². The van der Waals surface area contributed by atoms with Gasteiger partial charge in [0.2, 0.25) is 0 Å². The average molecular weight is 250 g/mol. The van der Waals surface area contributed by atoms with Crippen molar-refractivity contribution in [2.24, 2.45) is 0 Å². The fourth-order valence-corrected chi connectivity index (χ4v) is 1.51. The Kier molecular flexibility index (Phi) is 5.17. The van der Waals surface area contributed by atoms with Crippen LogP contribution in [0.5, 0.6) is 0 Å². The smallest absolute Gasteiger partial charge is 0.321 e. The van der Waals surface area contributed by atoms with Gasteiger partial charge in [0, 0.05) is 25.7 Å². The van der Waals surface area contributed by atoms with Crippen LogP contribution in [0, 0.1) is 6.92 Å². The lowest BCUT2D eigenvalue weighted by Crippen LogP contribution is -2.32. The van der Waals surface area contributed by atoms with Gasteiger partial charge in [0.25, 0.3) is 0 Å². The van der Waals surface area contributed by atoms with Crippen LogP contribution in [0.3, 0.4) is 0 Å². The summed E-state index contributed by atoms with van der Waals surface area (Å²) in [6.07, 6.45) is 0.523. The summed E-state index contributed by atoms with van der Waals surface area (Å²) in [4.78, 5) is 23.6. The molecule has 2 N–H and O–H groups in total. The summed E-state index contributed by atoms with van der Waals surface area (Å²) in [5.74, 6) is -0.845. The van der Waals surface area contributed by atoms with E-state index in [1.807, 2.05) is 31.2 Å². The molecule has 0 aliphatic heterocycles. The number of nitrogens with zero attached hydrogens (tertiary/aromatic N) is 1. The first kappa shape index (κ1) is 14.0. The quantitative estimate of drug-likeness (QED) is 0.842. The van der Waals surface area contributed by atoms with E-state index in [4.69, 9.17) is 5.11 Å². The molecule has 0 aliphatic carbocycles. The predicted octanol–water partition coefficient (Wildman–Crippen LogP) is 2.32. The van der Waals surface area contributed by atoms with Crippen LogP contribution in [-0.2, 0) is 4.79 Å². The Labute approximate surface area is 106 Å². The number of carboxylic acids is 1. The van der Waals surface area contributed by atoms with Crippen molar-refractivity contribution in [2.45, 2.75) is 19.8 Å². The molecule has 0 unspecified atom stereocenters. The Bertz CT molecular complexity index is 432. The molecule has 0 spiro atoms. The zero-order chi connectivity index (χ0) is 13.5. The number of aryl methyl sites for hydroxylation is 1. The lowest BCUT2D eigenvalue weighted by atomic mass is 10.2. The van der Waals surface area contributed by atoms with Gasteiger partial charge >= 0.3 is 12.0 Å². The number of carbonyl (C=O) groups excluding carboxylic acids is 1. The first-order valence-electron chi connectivity index (χ1n) is 5.79. The monoisotopic (exact) mass is 250 g/mol. The summed E-state index contributed by atoms with van der Waals surface area (Å²) in [6, 6.07) is 7.28.